The van der Waals surface area contributed by atoms with Gasteiger partial charge >= 0.3 is 0 Å². The maximum Gasteiger partial charge on any atom is 0.255 e. The van der Waals surface area contributed by atoms with Crippen molar-refractivity contribution in [3.05, 3.63) is 64.4 Å². The van der Waals surface area contributed by atoms with Gasteiger partial charge < -0.3 is 11.1 Å². The Bertz CT molecular complexity index is 616. The number of nitrogens with one attached hydrogen (secondary N) is 1. The molecule has 0 aliphatic carbocycles. The number of nitrogens with two attached hydrogens (primary N) is 1. The predicted molar refractivity (Wildman–Crippen MR) is 73.7 cm³/mol. The number of amides is 1. The van der Waals surface area contributed by atoms with Crippen molar-refractivity contribution in [2.75, 3.05) is 5.32 Å². The molecule has 0 bridgehead atoms. The summed E-state index contributed by atoms with van der Waals surface area (Å²) in [6.07, 6.45) is 0. The van der Waals surface area contributed by atoms with Gasteiger partial charge in [-0.05, 0) is 35.9 Å². The van der Waals surface area contributed by atoms with Crippen molar-refractivity contribution < 1.29 is 9.18 Å². The molecule has 0 aliphatic rings. The lowest BCUT2D eigenvalue weighted by molar-refractivity contribution is 0.102. The largest absolute Gasteiger partial charge is 0.326 e. The molecule has 3 nitrogen and oxygen atoms in total. The van der Waals surface area contributed by atoms with Crippen LogP contribution in [0.3, 0.4) is 0 Å². The van der Waals surface area contributed by atoms with Gasteiger partial charge in [-0.2, -0.15) is 0 Å². The van der Waals surface area contributed by atoms with Crippen LogP contribution in [-0.2, 0) is 6.54 Å². The Balaban J connectivity index is 2.18. The topological polar surface area (TPSA) is 55.1 Å². The number of benzene rings is 2. The average Bonchev–Trinajstić information content (AvgIpc) is 2.42. The van der Waals surface area contributed by atoms with Gasteiger partial charge in [0.15, 0.2) is 0 Å². The molecule has 19 heavy (non-hydrogen) atoms. The third-order valence-corrected chi connectivity index (χ3v) is 2.91. The highest BCUT2D eigenvalue weighted by molar-refractivity contribution is 6.30. The Morgan fingerprint density at radius 1 is 1.26 bits per heavy atom. The molecule has 0 aromatic heterocycles. The summed E-state index contributed by atoms with van der Waals surface area (Å²) in [5, 5.41) is 2.66. The zero-order valence-electron chi connectivity index (χ0n) is 9.99. The molecule has 98 valence electrons. The van der Waals surface area contributed by atoms with E-state index in [4.69, 9.17) is 17.3 Å². The number of hydrogen-bond acceptors (Lipinski definition) is 2. The van der Waals surface area contributed by atoms with E-state index in [0.717, 1.165) is 11.6 Å². The summed E-state index contributed by atoms with van der Waals surface area (Å²) in [5.41, 5.74) is 7.25. The molecule has 2 rings (SSSR count). The fourth-order valence-corrected chi connectivity index (χ4v) is 1.73. The molecule has 0 fully saturated rings. The van der Waals surface area contributed by atoms with Gasteiger partial charge in [-0.25, -0.2) is 4.39 Å². The third kappa shape index (κ3) is 3.30. The molecule has 1 amide bonds. The molecule has 0 heterocycles. The molecule has 3 N–H and O–H groups in total. The zero-order chi connectivity index (χ0) is 13.8. The van der Waals surface area contributed by atoms with E-state index in [0.29, 0.717) is 12.2 Å². The van der Waals surface area contributed by atoms with Gasteiger partial charge in [0.05, 0.1) is 5.02 Å². The molecular weight excluding hydrogens is 267 g/mol. The van der Waals surface area contributed by atoms with Crippen molar-refractivity contribution in [2.45, 2.75) is 6.54 Å². The van der Waals surface area contributed by atoms with Gasteiger partial charge in [0.2, 0.25) is 0 Å². The van der Waals surface area contributed by atoms with Crippen molar-refractivity contribution in [1.29, 1.82) is 0 Å². The Morgan fingerprint density at radius 3 is 2.74 bits per heavy atom. The molecule has 0 unspecified atom stereocenters. The van der Waals surface area contributed by atoms with E-state index in [2.05, 4.69) is 5.32 Å². The molecule has 5 heteroatoms. The van der Waals surface area contributed by atoms with E-state index in [-0.39, 0.29) is 10.6 Å². The highest BCUT2D eigenvalue weighted by Crippen LogP contribution is 2.17. The van der Waals surface area contributed by atoms with Gasteiger partial charge in [-0.1, -0.05) is 23.7 Å². The van der Waals surface area contributed by atoms with E-state index in [9.17, 15) is 9.18 Å². The minimum atomic E-state index is -0.620. The highest BCUT2D eigenvalue weighted by Gasteiger charge is 2.09. The van der Waals surface area contributed by atoms with Crippen LogP contribution in [0.25, 0.3) is 0 Å². The quantitative estimate of drug-likeness (QED) is 0.906. The predicted octanol–water partition coefficient (Wildman–Crippen LogP) is 3.19. The number of carbonyl (C=O) groups is 1. The second-order valence-electron chi connectivity index (χ2n) is 3.99. The monoisotopic (exact) mass is 278 g/mol. The third-order valence-electron chi connectivity index (χ3n) is 2.60. The maximum atomic E-state index is 13.3. The molecule has 0 saturated heterocycles. The highest BCUT2D eigenvalue weighted by atomic mass is 35.5. The van der Waals surface area contributed by atoms with Gasteiger partial charge in [0, 0.05) is 17.8 Å². The minimum absolute atomic E-state index is 0.0123. The molecule has 0 saturated carbocycles. The first-order chi connectivity index (χ1) is 9.10. The molecule has 0 aliphatic heterocycles. The van der Waals surface area contributed by atoms with Gasteiger partial charge in [-0.3, -0.25) is 4.79 Å². The van der Waals surface area contributed by atoms with Gasteiger partial charge in [0.25, 0.3) is 5.91 Å². The molecular formula is C14H12ClFN2O. The average molecular weight is 279 g/mol. The molecule has 0 radical (unpaired) electrons. The van der Waals surface area contributed by atoms with Crippen molar-refractivity contribution in [3.8, 4) is 0 Å². The smallest absolute Gasteiger partial charge is 0.255 e. The summed E-state index contributed by atoms with van der Waals surface area (Å²) in [7, 11) is 0. The van der Waals surface area contributed by atoms with Crippen LogP contribution in [0.2, 0.25) is 5.02 Å². The van der Waals surface area contributed by atoms with E-state index in [1.165, 1.54) is 12.1 Å². The van der Waals surface area contributed by atoms with E-state index >= 15 is 0 Å². The van der Waals surface area contributed by atoms with Crippen molar-refractivity contribution in [3.63, 3.8) is 0 Å². The summed E-state index contributed by atoms with van der Waals surface area (Å²) in [5.74, 6) is -1.02. The Hall–Kier alpha value is -1.91. The normalized spacial score (nSPS) is 10.3. The lowest BCUT2D eigenvalue weighted by atomic mass is 10.1. The van der Waals surface area contributed by atoms with Crippen molar-refractivity contribution in [1.82, 2.24) is 0 Å². The molecule has 2 aromatic rings. The first kappa shape index (κ1) is 13.5. The fourth-order valence-electron chi connectivity index (χ4n) is 1.62. The SMILES string of the molecule is NCc1cccc(NC(=O)c2ccc(Cl)c(F)c2)c1. The standard InChI is InChI=1S/C14H12ClFN2O/c15-12-5-4-10(7-13(12)16)14(19)18-11-3-1-2-9(6-11)8-17/h1-7H,8,17H2,(H,18,19). The van der Waals surface area contributed by atoms with Crippen LogP contribution in [0.15, 0.2) is 42.5 Å². The zero-order valence-corrected chi connectivity index (χ0v) is 10.7. The second kappa shape index (κ2) is 5.82. The number of halogens is 2. The van der Waals surface area contributed by atoms with Crippen LogP contribution >= 0.6 is 11.6 Å². The minimum Gasteiger partial charge on any atom is -0.326 e. The summed E-state index contributed by atoms with van der Waals surface area (Å²) in [6.45, 7) is 0.388. The second-order valence-corrected chi connectivity index (χ2v) is 4.39. The summed E-state index contributed by atoms with van der Waals surface area (Å²) in [4.78, 5) is 11.9. The maximum absolute atomic E-state index is 13.3. The lowest BCUT2D eigenvalue weighted by Gasteiger charge is -2.07. The number of carbonyl (C=O) groups excluding carboxylic acids is 1. The first-order valence-corrected chi connectivity index (χ1v) is 6.03. The molecule has 0 atom stereocenters. The fraction of sp³-hybridized carbons (Fsp3) is 0.0714. The Labute approximate surface area is 115 Å². The molecule has 2 aromatic carbocycles. The van der Waals surface area contributed by atoms with Crippen LogP contribution in [0.5, 0.6) is 0 Å². The van der Waals surface area contributed by atoms with Crippen LogP contribution in [0, 0.1) is 5.82 Å². The Morgan fingerprint density at radius 2 is 2.05 bits per heavy atom. The van der Waals surface area contributed by atoms with Crippen LogP contribution in [0.4, 0.5) is 10.1 Å². The first-order valence-electron chi connectivity index (χ1n) is 5.65. The van der Waals surface area contributed by atoms with Gasteiger partial charge in [0.1, 0.15) is 5.82 Å². The summed E-state index contributed by atoms with van der Waals surface area (Å²) >= 11 is 5.56. The summed E-state index contributed by atoms with van der Waals surface area (Å²) in [6, 6.07) is 11.1. The van der Waals surface area contributed by atoms with E-state index in [1.807, 2.05) is 6.07 Å². The van der Waals surface area contributed by atoms with Crippen LogP contribution in [-0.4, -0.2) is 5.91 Å². The summed E-state index contributed by atoms with van der Waals surface area (Å²) < 4.78 is 13.3. The van der Waals surface area contributed by atoms with Crippen molar-refractivity contribution in [2.24, 2.45) is 5.73 Å². The van der Waals surface area contributed by atoms with E-state index < -0.39 is 11.7 Å². The van der Waals surface area contributed by atoms with Crippen LogP contribution in [0.1, 0.15) is 15.9 Å². The number of hydrogen-bond donors (Lipinski definition) is 2. The Kier molecular flexibility index (Phi) is 4.14. The number of rotatable bonds is 3. The van der Waals surface area contributed by atoms with Crippen LogP contribution < -0.4 is 11.1 Å². The van der Waals surface area contributed by atoms with Gasteiger partial charge in [-0.15, -0.1) is 0 Å². The lowest BCUT2D eigenvalue weighted by Crippen LogP contribution is -2.12. The number of anilines is 1. The molecule has 0 spiro atoms. The van der Waals surface area contributed by atoms with E-state index in [1.54, 1.807) is 18.2 Å². The van der Waals surface area contributed by atoms with Crippen molar-refractivity contribution >= 4 is 23.2 Å².